The largest absolute Gasteiger partial charge is 0.381 e. The zero-order valence-corrected chi connectivity index (χ0v) is 12.2. The summed E-state index contributed by atoms with van der Waals surface area (Å²) in [5, 5.41) is 2.65. The number of pyridine rings is 1. The van der Waals surface area contributed by atoms with Crippen molar-refractivity contribution < 1.29 is 13.5 Å². The molecular weight excluding hydrogens is 262 g/mol. The second-order valence-electron chi connectivity index (χ2n) is 5.05. The van der Waals surface area contributed by atoms with Crippen LogP contribution in [0.3, 0.4) is 0 Å². The fourth-order valence-corrected chi connectivity index (χ4v) is 1.74. The van der Waals surface area contributed by atoms with Crippen molar-refractivity contribution >= 4 is 0 Å². The van der Waals surface area contributed by atoms with Crippen molar-refractivity contribution in [2.75, 3.05) is 19.8 Å². The Labute approximate surface area is 119 Å². The van der Waals surface area contributed by atoms with Gasteiger partial charge in [0.1, 0.15) is 0 Å². The van der Waals surface area contributed by atoms with Crippen molar-refractivity contribution in [3.63, 3.8) is 0 Å². The van der Waals surface area contributed by atoms with Crippen LogP contribution in [0.2, 0.25) is 0 Å². The summed E-state index contributed by atoms with van der Waals surface area (Å²) in [6, 6.07) is 5.69. The Kier molecular flexibility index (Phi) is 8.30. The number of rotatable bonds is 5. The lowest BCUT2D eigenvalue weighted by Gasteiger charge is -2.07. The molecule has 0 atom stereocenters. The van der Waals surface area contributed by atoms with Gasteiger partial charge >= 0.3 is 0 Å². The predicted octanol–water partition coefficient (Wildman–Crippen LogP) is 3.36. The molecule has 1 aliphatic rings. The van der Waals surface area contributed by atoms with E-state index in [-0.39, 0.29) is 6.54 Å². The molecule has 0 amide bonds. The third-order valence-corrected chi connectivity index (χ3v) is 2.85. The predicted molar refractivity (Wildman–Crippen MR) is 76.1 cm³/mol. The number of aromatic nitrogens is 1. The summed E-state index contributed by atoms with van der Waals surface area (Å²) in [5.41, 5.74) is 1.80. The molecule has 20 heavy (non-hydrogen) atoms. The van der Waals surface area contributed by atoms with Crippen molar-refractivity contribution in [2.45, 2.75) is 45.6 Å². The summed E-state index contributed by atoms with van der Waals surface area (Å²) < 4.78 is 28.7. The van der Waals surface area contributed by atoms with Gasteiger partial charge in [-0.3, -0.25) is 4.98 Å². The summed E-state index contributed by atoms with van der Waals surface area (Å²) in [5.74, 6) is 0.361. The van der Waals surface area contributed by atoms with Gasteiger partial charge in [-0.05, 0) is 30.9 Å². The maximum absolute atomic E-state index is 11.9. The first-order valence-electron chi connectivity index (χ1n) is 7.12. The Morgan fingerprint density at radius 3 is 2.45 bits per heavy atom. The molecule has 114 valence electrons. The van der Waals surface area contributed by atoms with Crippen molar-refractivity contribution in [1.82, 2.24) is 10.3 Å². The van der Waals surface area contributed by atoms with Crippen LogP contribution >= 0.6 is 0 Å². The van der Waals surface area contributed by atoms with Crippen LogP contribution in [0, 0.1) is 0 Å². The average molecular weight is 286 g/mol. The molecule has 0 aliphatic carbocycles. The van der Waals surface area contributed by atoms with Crippen LogP contribution in [0.15, 0.2) is 18.2 Å². The van der Waals surface area contributed by atoms with E-state index in [1.165, 1.54) is 12.8 Å². The molecule has 1 saturated heterocycles. The van der Waals surface area contributed by atoms with Gasteiger partial charge in [-0.2, -0.15) is 0 Å². The lowest BCUT2D eigenvalue weighted by Crippen LogP contribution is -2.21. The van der Waals surface area contributed by atoms with E-state index >= 15 is 0 Å². The highest BCUT2D eigenvalue weighted by atomic mass is 19.3. The van der Waals surface area contributed by atoms with Gasteiger partial charge in [-0.1, -0.05) is 19.9 Å². The fourth-order valence-electron chi connectivity index (χ4n) is 1.74. The van der Waals surface area contributed by atoms with Gasteiger partial charge < -0.3 is 10.1 Å². The Hall–Kier alpha value is -1.07. The van der Waals surface area contributed by atoms with Gasteiger partial charge in [-0.25, -0.2) is 8.78 Å². The number of halogens is 2. The standard InChI is InChI=1S/C11H16F2N2.C4H8O/c1-8(2)10-5-3-4-9(15-10)6-14-7-11(12)13;1-2-4-5-3-1/h3-5,8,11,14H,6-7H2,1-2H3;1-4H2. The number of hydrogen-bond donors (Lipinski definition) is 1. The lowest BCUT2D eigenvalue weighted by molar-refractivity contribution is 0.145. The van der Waals surface area contributed by atoms with E-state index < -0.39 is 6.43 Å². The van der Waals surface area contributed by atoms with Crippen LogP contribution < -0.4 is 5.32 Å². The highest BCUT2D eigenvalue weighted by Crippen LogP contribution is 2.11. The molecule has 0 unspecified atom stereocenters. The molecule has 5 heteroatoms. The molecule has 1 aromatic heterocycles. The first-order chi connectivity index (χ1) is 9.59. The highest BCUT2D eigenvalue weighted by molar-refractivity contribution is 5.13. The molecule has 0 saturated carbocycles. The Balaban J connectivity index is 0.000000333. The zero-order valence-electron chi connectivity index (χ0n) is 12.2. The van der Waals surface area contributed by atoms with Gasteiger partial charge in [-0.15, -0.1) is 0 Å². The molecular formula is C15H24F2N2O. The Morgan fingerprint density at radius 1 is 1.25 bits per heavy atom. The molecule has 2 rings (SSSR count). The second kappa shape index (κ2) is 9.77. The summed E-state index contributed by atoms with van der Waals surface area (Å²) in [6.45, 7) is 6.22. The Bertz CT molecular complexity index is 361. The number of hydrogen-bond acceptors (Lipinski definition) is 3. The minimum absolute atomic E-state index is 0.284. The highest BCUT2D eigenvalue weighted by Gasteiger charge is 2.04. The van der Waals surface area contributed by atoms with Crippen LogP contribution in [0.5, 0.6) is 0 Å². The van der Waals surface area contributed by atoms with Crippen molar-refractivity contribution in [2.24, 2.45) is 0 Å². The minimum atomic E-state index is -2.31. The fraction of sp³-hybridized carbons (Fsp3) is 0.667. The monoisotopic (exact) mass is 286 g/mol. The minimum Gasteiger partial charge on any atom is -0.381 e. The number of nitrogens with one attached hydrogen (secondary N) is 1. The van der Waals surface area contributed by atoms with E-state index in [0.29, 0.717) is 12.5 Å². The van der Waals surface area contributed by atoms with Gasteiger partial charge in [0, 0.05) is 25.5 Å². The molecule has 0 bridgehead atoms. The Morgan fingerprint density at radius 2 is 1.95 bits per heavy atom. The average Bonchev–Trinajstić information content (AvgIpc) is 2.97. The third kappa shape index (κ3) is 7.50. The van der Waals surface area contributed by atoms with Crippen LogP contribution in [0.1, 0.15) is 44.0 Å². The van der Waals surface area contributed by atoms with Gasteiger partial charge in [0.2, 0.25) is 0 Å². The van der Waals surface area contributed by atoms with E-state index in [2.05, 4.69) is 24.1 Å². The van der Waals surface area contributed by atoms with E-state index in [4.69, 9.17) is 4.74 Å². The van der Waals surface area contributed by atoms with Crippen molar-refractivity contribution in [3.05, 3.63) is 29.6 Å². The van der Waals surface area contributed by atoms with Gasteiger partial charge in [0.05, 0.1) is 12.2 Å². The quantitative estimate of drug-likeness (QED) is 0.901. The maximum Gasteiger partial charge on any atom is 0.250 e. The number of ether oxygens (including phenoxy) is 1. The molecule has 1 N–H and O–H groups in total. The van der Waals surface area contributed by atoms with E-state index in [1.807, 2.05) is 18.2 Å². The van der Waals surface area contributed by atoms with E-state index in [9.17, 15) is 8.78 Å². The smallest absolute Gasteiger partial charge is 0.250 e. The molecule has 2 heterocycles. The molecule has 1 aromatic rings. The summed E-state index contributed by atoms with van der Waals surface area (Å²) in [6.07, 6.45) is 0.248. The summed E-state index contributed by atoms with van der Waals surface area (Å²) in [4.78, 5) is 4.36. The molecule has 1 aliphatic heterocycles. The van der Waals surface area contributed by atoms with Crippen LogP contribution in [-0.2, 0) is 11.3 Å². The SMILES string of the molecule is C1CCOC1.CC(C)c1cccc(CNCC(F)F)n1. The number of nitrogens with zero attached hydrogens (tertiary/aromatic N) is 1. The molecule has 3 nitrogen and oxygen atoms in total. The topological polar surface area (TPSA) is 34.1 Å². The normalized spacial score (nSPS) is 14.5. The first-order valence-corrected chi connectivity index (χ1v) is 7.12. The maximum atomic E-state index is 11.9. The summed E-state index contributed by atoms with van der Waals surface area (Å²) >= 11 is 0. The first kappa shape index (κ1) is 17.0. The number of alkyl halides is 2. The van der Waals surface area contributed by atoms with Gasteiger partial charge in [0.25, 0.3) is 6.43 Å². The molecule has 0 radical (unpaired) electrons. The second-order valence-corrected chi connectivity index (χ2v) is 5.05. The zero-order chi connectivity index (χ0) is 14.8. The summed E-state index contributed by atoms with van der Waals surface area (Å²) in [7, 11) is 0. The van der Waals surface area contributed by atoms with Crippen molar-refractivity contribution in [3.8, 4) is 0 Å². The molecule has 0 aromatic carbocycles. The van der Waals surface area contributed by atoms with Crippen LogP contribution in [0.4, 0.5) is 8.78 Å². The van der Waals surface area contributed by atoms with E-state index in [1.54, 1.807) is 0 Å². The van der Waals surface area contributed by atoms with Crippen LogP contribution in [-0.4, -0.2) is 31.2 Å². The van der Waals surface area contributed by atoms with Crippen molar-refractivity contribution in [1.29, 1.82) is 0 Å². The third-order valence-electron chi connectivity index (χ3n) is 2.85. The molecule has 1 fully saturated rings. The van der Waals surface area contributed by atoms with Crippen LogP contribution in [0.25, 0.3) is 0 Å². The lowest BCUT2D eigenvalue weighted by atomic mass is 10.1. The van der Waals surface area contributed by atoms with Gasteiger partial charge in [0.15, 0.2) is 0 Å². The van der Waals surface area contributed by atoms with E-state index in [0.717, 1.165) is 24.6 Å². The molecule has 0 spiro atoms.